The Kier molecular flexibility index (Phi) is 12.4. The second-order valence-electron chi connectivity index (χ2n) is 17.3. The van der Waals surface area contributed by atoms with Crippen molar-refractivity contribution in [2.24, 2.45) is 17.8 Å². The largest absolute Gasteiger partial charge is 0.466 e. The number of piperidine rings is 1. The normalized spacial score (nSPS) is 28.0. The van der Waals surface area contributed by atoms with E-state index in [9.17, 15) is 31.1 Å². The summed E-state index contributed by atoms with van der Waals surface area (Å²) in [5, 5.41) is 0. The van der Waals surface area contributed by atoms with Gasteiger partial charge in [0.25, 0.3) is 0 Å². The van der Waals surface area contributed by atoms with Gasteiger partial charge < -0.3 is 19.3 Å². The molecule has 2 aliphatic carbocycles. The first-order chi connectivity index (χ1) is 28.0. The molecule has 59 heavy (non-hydrogen) atoms. The number of carbonyl (C=O) groups is 2. The van der Waals surface area contributed by atoms with E-state index >= 15 is 4.79 Å². The van der Waals surface area contributed by atoms with Gasteiger partial charge in [-0.05, 0) is 113 Å². The van der Waals surface area contributed by atoms with Gasteiger partial charge in [0, 0.05) is 42.8 Å². The number of benzene rings is 2. The Morgan fingerprint density at radius 2 is 1.51 bits per heavy atom. The van der Waals surface area contributed by atoms with Crippen LogP contribution in [0.25, 0.3) is 0 Å². The van der Waals surface area contributed by atoms with Gasteiger partial charge in [-0.25, -0.2) is 9.97 Å². The molecule has 2 unspecified atom stereocenters. The summed E-state index contributed by atoms with van der Waals surface area (Å²) in [6.45, 7) is 8.56. The number of ether oxygens (including phenoxy) is 2. The van der Waals surface area contributed by atoms with Crippen LogP contribution in [-0.4, -0.2) is 70.7 Å². The van der Waals surface area contributed by atoms with Crippen molar-refractivity contribution in [2.75, 3.05) is 37.8 Å². The van der Waals surface area contributed by atoms with Gasteiger partial charge in [-0.15, -0.1) is 0 Å². The summed E-state index contributed by atoms with van der Waals surface area (Å²) in [5.74, 6) is -0.846. The zero-order valence-corrected chi connectivity index (χ0v) is 34.0. The number of likely N-dealkylation sites (tertiary alicyclic amines) is 1. The quantitative estimate of drug-likeness (QED) is 0.141. The standard InChI is InChI=1S/C45H54F6N4O4/c1-4-42(3)24-33(25-43(26-38(43)31-9-7-6-8-10-31)55(42)41(57)32-13-11-29(12-14-32)22-39(56)59-5-2)37(40-52-27-36(28-53-40)54-15-17-58-18-16-54)21-30-19-34(44(46,47)48)23-35(20-30)45(49,50)51/h6-10,19-20,23,27-29,32-33,37-38H,4-5,11-18,21-22,24-26H2,1-3H3/t29?,32?,33?,37-,38+,42-,43?/m1/s1. The van der Waals surface area contributed by atoms with Crippen LogP contribution in [0.5, 0.6) is 0 Å². The molecule has 2 saturated carbocycles. The van der Waals surface area contributed by atoms with Crippen LogP contribution in [0.15, 0.2) is 60.9 Å². The van der Waals surface area contributed by atoms with Crippen molar-refractivity contribution in [2.45, 2.75) is 120 Å². The fourth-order valence-electron chi connectivity index (χ4n) is 10.4. The lowest BCUT2D eigenvalue weighted by Crippen LogP contribution is -2.63. The topological polar surface area (TPSA) is 84.9 Å². The molecule has 5 atom stereocenters. The van der Waals surface area contributed by atoms with Crippen molar-refractivity contribution in [3.8, 4) is 0 Å². The molecule has 0 N–H and O–H groups in total. The molecular formula is C45H54F6N4O4. The summed E-state index contributed by atoms with van der Waals surface area (Å²) in [4.78, 5) is 41.2. The van der Waals surface area contributed by atoms with E-state index in [0.717, 1.165) is 36.2 Å². The molecule has 8 nitrogen and oxygen atoms in total. The van der Waals surface area contributed by atoms with Gasteiger partial charge in [-0.3, -0.25) is 9.59 Å². The monoisotopic (exact) mass is 828 g/mol. The predicted molar refractivity (Wildman–Crippen MR) is 209 cm³/mol. The van der Waals surface area contributed by atoms with Crippen molar-refractivity contribution >= 4 is 17.6 Å². The molecule has 14 heteroatoms. The minimum Gasteiger partial charge on any atom is -0.466 e. The number of morpholine rings is 1. The Hall–Kier alpha value is -4.20. The summed E-state index contributed by atoms with van der Waals surface area (Å²) in [6.07, 6.45) is -1.46. The summed E-state index contributed by atoms with van der Waals surface area (Å²) in [5.41, 5.74) is -2.30. The number of alkyl halides is 6. The maximum Gasteiger partial charge on any atom is 0.416 e. The molecule has 2 saturated heterocycles. The average molecular weight is 829 g/mol. The first-order valence-electron chi connectivity index (χ1n) is 21.0. The average Bonchev–Trinajstić information content (AvgIpc) is 3.92. The van der Waals surface area contributed by atoms with Crippen LogP contribution in [0.2, 0.25) is 0 Å². The molecule has 1 aromatic heterocycles. The molecule has 1 spiro atoms. The molecule has 1 amide bonds. The van der Waals surface area contributed by atoms with E-state index < -0.39 is 40.5 Å². The van der Waals surface area contributed by atoms with E-state index in [0.29, 0.717) is 83.7 Å². The zero-order valence-electron chi connectivity index (χ0n) is 34.0. The lowest BCUT2D eigenvalue weighted by atomic mass is 9.67. The lowest BCUT2D eigenvalue weighted by Gasteiger charge is -2.56. The summed E-state index contributed by atoms with van der Waals surface area (Å²) in [7, 11) is 0. The van der Waals surface area contributed by atoms with Crippen LogP contribution in [0, 0.1) is 17.8 Å². The van der Waals surface area contributed by atoms with Crippen LogP contribution < -0.4 is 4.90 Å². The molecule has 4 fully saturated rings. The van der Waals surface area contributed by atoms with Crippen molar-refractivity contribution in [3.63, 3.8) is 0 Å². The number of rotatable bonds is 11. The molecule has 4 aliphatic rings. The maximum absolute atomic E-state index is 15.1. The highest BCUT2D eigenvalue weighted by Crippen LogP contribution is 2.66. The van der Waals surface area contributed by atoms with E-state index in [-0.39, 0.29) is 53.6 Å². The van der Waals surface area contributed by atoms with Crippen LogP contribution in [-0.2, 0) is 37.8 Å². The molecule has 7 rings (SSSR count). The van der Waals surface area contributed by atoms with Gasteiger partial charge in [0.1, 0.15) is 5.82 Å². The molecule has 0 radical (unpaired) electrons. The zero-order chi connectivity index (χ0) is 42.2. The first-order valence-corrected chi connectivity index (χ1v) is 21.0. The third-order valence-corrected chi connectivity index (χ3v) is 13.5. The van der Waals surface area contributed by atoms with E-state index in [1.54, 1.807) is 19.3 Å². The Morgan fingerprint density at radius 3 is 2.08 bits per heavy atom. The maximum atomic E-state index is 15.1. The lowest BCUT2D eigenvalue weighted by molar-refractivity contribution is -0.155. The third kappa shape index (κ3) is 9.27. The van der Waals surface area contributed by atoms with Gasteiger partial charge in [0.15, 0.2) is 0 Å². The van der Waals surface area contributed by atoms with E-state index in [1.807, 2.05) is 25.1 Å². The highest BCUT2D eigenvalue weighted by Gasteiger charge is 2.67. The minimum absolute atomic E-state index is 0.0165. The number of esters is 1. The Balaban J connectivity index is 1.26. The highest BCUT2D eigenvalue weighted by molar-refractivity contribution is 5.82. The predicted octanol–water partition coefficient (Wildman–Crippen LogP) is 9.77. The van der Waals surface area contributed by atoms with Crippen molar-refractivity contribution in [1.29, 1.82) is 0 Å². The number of carbonyl (C=O) groups excluding carboxylic acids is 2. The van der Waals surface area contributed by atoms with Gasteiger partial charge in [0.05, 0.1) is 54.6 Å². The number of halogens is 6. The molecule has 320 valence electrons. The number of anilines is 1. The number of nitrogens with zero attached hydrogens (tertiary/aromatic N) is 4. The summed E-state index contributed by atoms with van der Waals surface area (Å²) < 4.78 is 95.6. The fraction of sp³-hybridized carbons (Fsp3) is 0.600. The second kappa shape index (κ2) is 17.0. The van der Waals surface area contributed by atoms with Crippen molar-refractivity contribution in [1.82, 2.24) is 14.9 Å². The molecule has 3 heterocycles. The van der Waals surface area contributed by atoms with Crippen LogP contribution in [0.4, 0.5) is 32.0 Å². The van der Waals surface area contributed by atoms with Crippen LogP contribution in [0.1, 0.15) is 118 Å². The Labute approximate surface area is 342 Å². The van der Waals surface area contributed by atoms with Crippen molar-refractivity contribution < 1.29 is 45.4 Å². The van der Waals surface area contributed by atoms with Gasteiger partial charge >= 0.3 is 18.3 Å². The summed E-state index contributed by atoms with van der Waals surface area (Å²) >= 11 is 0. The molecule has 0 bridgehead atoms. The van der Waals surface area contributed by atoms with Gasteiger partial charge in [-0.2, -0.15) is 26.3 Å². The number of hydrogen-bond donors (Lipinski definition) is 0. The molecule has 2 aromatic carbocycles. The van der Waals surface area contributed by atoms with Crippen molar-refractivity contribution in [3.05, 3.63) is 89.0 Å². The van der Waals surface area contributed by atoms with E-state index in [1.165, 1.54) is 0 Å². The van der Waals surface area contributed by atoms with Gasteiger partial charge in [-0.1, -0.05) is 37.3 Å². The first kappa shape index (κ1) is 42.9. The number of aromatic nitrogens is 2. The highest BCUT2D eigenvalue weighted by atomic mass is 19.4. The SMILES string of the molecule is CCOC(=O)CC1CCC(C(=O)N2C3(CC([C@@H](Cc4cc(C(F)(F)F)cc(C(F)(F)F)c4)c4ncc(N5CCOCC5)cn4)C[C@@]2(C)CC)C[C@H]3c2ccccc2)CC1. The van der Waals surface area contributed by atoms with E-state index in [2.05, 4.69) is 28.9 Å². The molecule has 2 aliphatic heterocycles. The van der Waals surface area contributed by atoms with Crippen LogP contribution in [0.3, 0.4) is 0 Å². The second-order valence-corrected chi connectivity index (χ2v) is 17.3. The molecule has 3 aromatic rings. The van der Waals surface area contributed by atoms with Crippen LogP contribution >= 0.6 is 0 Å². The van der Waals surface area contributed by atoms with Gasteiger partial charge in [0.2, 0.25) is 5.91 Å². The Bertz CT molecular complexity index is 1900. The number of amides is 1. The minimum atomic E-state index is -4.99. The smallest absolute Gasteiger partial charge is 0.416 e. The molecular weight excluding hydrogens is 775 g/mol. The summed E-state index contributed by atoms with van der Waals surface area (Å²) in [6, 6.07) is 11.8. The Morgan fingerprint density at radius 1 is 0.881 bits per heavy atom. The fourth-order valence-corrected chi connectivity index (χ4v) is 10.4. The number of hydrogen-bond acceptors (Lipinski definition) is 7. The third-order valence-electron chi connectivity index (χ3n) is 13.5. The van der Waals surface area contributed by atoms with E-state index in [4.69, 9.17) is 19.4 Å².